The molecular weight excluding hydrogens is 320 g/mol. The van der Waals surface area contributed by atoms with Crippen molar-refractivity contribution < 1.29 is 55.4 Å². The predicted octanol–water partition coefficient (Wildman–Crippen LogP) is -6.01. The average Bonchev–Trinajstić information content (AvgIpc) is 2.54. The van der Waals surface area contributed by atoms with Gasteiger partial charge in [-0.3, -0.25) is 0 Å². The summed E-state index contributed by atoms with van der Waals surface area (Å²) in [4.78, 5) is 0. The molecule has 136 valence electrons. The Hall–Kier alpha value is -0.440. The zero-order valence-electron chi connectivity index (χ0n) is 11.9. The molecule has 9 N–H and O–H groups in total. The fourth-order valence-corrected chi connectivity index (χ4v) is 2.69. The van der Waals surface area contributed by atoms with Gasteiger partial charge in [-0.2, -0.15) is 0 Å². The molecule has 11 nitrogen and oxygen atoms in total. The van der Waals surface area contributed by atoms with Gasteiger partial charge < -0.3 is 55.4 Å². The second-order valence-electron chi connectivity index (χ2n) is 5.75. The van der Waals surface area contributed by atoms with Crippen LogP contribution >= 0.6 is 0 Å². The highest BCUT2D eigenvalue weighted by Crippen LogP contribution is 2.29. The van der Waals surface area contributed by atoms with Crippen LogP contribution in [-0.4, -0.2) is 120 Å². The van der Waals surface area contributed by atoms with Gasteiger partial charge in [-0.15, -0.1) is 0 Å². The number of aliphatic hydroxyl groups excluding tert-OH is 9. The highest BCUT2D eigenvalue weighted by Gasteiger charge is 2.52. The van der Waals surface area contributed by atoms with Gasteiger partial charge >= 0.3 is 0 Å². The van der Waals surface area contributed by atoms with E-state index in [4.69, 9.17) is 14.6 Å². The maximum Gasteiger partial charge on any atom is 0.187 e. The number of aliphatic hydroxyl groups is 9. The number of rotatable bonds is 3. The fourth-order valence-electron chi connectivity index (χ4n) is 2.69. The Balaban J connectivity index is 2.13. The lowest BCUT2D eigenvalue weighted by molar-refractivity contribution is -0.339. The van der Waals surface area contributed by atoms with Crippen LogP contribution in [0.5, 0.6) is 0 Å². The lowest BCUT2D eigenvalue weighted by atomic mass is 9.84. The standard InChI is InChI=1S/C12H22O11/c13-1-2-3(14)4(15)10(21)12(22-2)23-11-8(19)6(17)5(16)7(18)9(11)20/h2-21H,1H2/t2-,3-,4+,5?,6-,7+,8-,9-,10+,11?,12-/m1/s1. The first-order chi connectivity index (χ1) is 10.7. The molecule has 11 atom stereocenters. The normalized spacial score (nSPS) is 54.9. The minimum absolute atomic E-state index is 0.704. The Morgan fingerprint density at radius 2 is 1.04 bits per heavy atom. The Morgan fingerprint density at radius 3 is 1.52 bits per heavy atom. The smallest absolute Gasteiger partial charge is 0.187 e. The van der Waals surface area contributed by atoms with Crippen LogP contribution < -0.4 is 0 Å². The third kappa shape index (κ3) is 3.36. The van der Waals surface area contributed by atoms with Crippen molar-refractivity contribution in [3.63, 3.8) is 0 Å². The van der Waals surface area contributed by atoms with E-state index in [2.05, 4.69) is 0 Å². The van der Waals surface area contributed by atoms with Gasteiger partial charge in [0.2, 0.25) is 0 Å². The first-order valence-electron chi connectivity index (χ1n) is 7.07. The monoisotopic (exact) mass is 342 g/mol. The molecule has 0 radical (unpaired) electrons. The van der Waals surface area contributed by atoms with E-state index in [1.165, 1.54) is 0 Å². The minimum atomic E-state index is -1.83. The van der Waals surface area contributed by atoms with Gasteiger partial charge in [-0.25, -0.2) is 0 Å². The van der Waals surface area contributed by atoms with Crippen LogP contribution in [0.3, 0.4) is 0 Å². The van der Waals surface area contributed by atoms with Crippen molar-refractivity contribution in [3.8, 4) is 0 Å². The van der Waals surface area contributed by atoms with Crippen molar-refractivity contribution in [2.24, 2.45) is 0 Å². The first-order valence-corrected chi connectivity index (χ1v) is 7.07. The number of hydrogen-bond acceptors (Lipinski definition) is 11. The lowest BCUT2D eigenvalue weighted by Gasteiger charge is -2.45. The van der Waals surface area contributed by atoms with Crippen molar-refractivity contribution in [2.45, 2.75) is 67.3 Å². The summed E-state index contributed by atoms with van der Waals surface area (Å²) in [5.74, 6) is 0. The minimum Gasteiger partial charge on any atom is -0.394 e. The molecule has 0 bridgehead atoms. The molecule has 2 aliphatic rings. The first kappa shape index (κ1) is 18.9. The quantitative estimate of drug-likeness (QED) is 0.236. The molecule has 2 rings (SSSR count). The molecule has 23 heavy (non-hydrogen) atoms. The molecule has 1 saturated heterocycles. The Kier molecular flexibility index (Phi) is 5.92. The highest BCUT2D eigenvalue weighted by atomic mass is 16.7. The van der Waals surface area contributed by atoms with Crippen molar-refractivity contribution in [1.82, 2.24) is 0 Å². The fraction of sp³-hybridized carbons (Fsp3) is 1.00. The van der Waals surface area contributed by atoms with E-state index < -0.39 is 73.9 Å². The van der Waals surface area contributed by atoms with Crippen molar-refractivity contribution in [1.29, 1.82) is 0 Å². The van der Waals surface area contributed by atoms with Gasteiger partial charge in [-0.05, 0) is 0 Å². The van der Waals surface area contributed by atoms with Crippen molar-refractivity contribution in [2.75, 3.05) is 6.61 Å². The molecule has 1 heterocycles. The molecule has 1 saturated carbocycles. The van der Waals surface area contributed by atoms with Crippen molar-refractivity contribution in [3.05, 3.63) is 0 Å². The lowest BCUT2D eigenvalue weighted by Crippen LogP contribution is -2.67. The van der Waals surface area contributed by atoms with E-state index in [0.29, 0.717) is 0 Å². The summed E-state index contributed by atoms with van der Waals surface area (Å²) in [5.41, 5.74) is 0. The summed E-state index contributed by atoms with van der Waals surface area (Å²) < 4.78 is 10.2. The predicted molar refractivity (Wildman–Crippen MR) is 68.7 cm³/mol. The second kappa shape index (κ2) is 7.21. The largest absolute Gasteiger partial charge is 0.394 e. The molecule has 0 amide bonds. The maximum atomic E-state index is 9.85. The van der Waals surface area contributed by atoms with Crippen LogP contribution in [0.4, 0.5) is 0 Å². The number of hydrogen-bond donors (Lipinski definition) is 9. The summed E-state index contributed by atoms with van der Waals surface area (Å²) >= 11 is 0. The van der Waals surface area contributed by atoms with Crippen molar-refractivity contribution >= 4 is 0 Å². The van der Waals surface area contributed by atoms with E-state index >= 15 is 0 Å². The van der Waals surface area contributed by atoms with Gasteiger partial charge in [0.05, 0.1) is 6.61 Å². The molecule has 0 aromatic heterocycles. The third-order valence-electron chi connectivity index (χ3n) is 4.21. The summed E-state index contributed by atoms with van der Waals surface area (Å²) in [6.45, 7) is -0.704. The zero-order valence-corrected chi connectivity index (χ0v) is 11.9. The highest BCUT2D eigenvalue weighted by molar-refractivity contribution is 5.00. The number of ether oxygens (including phenoxy) is 2. The zero-order chi connectivity index (χ0) is 17.5. The average molecular weight is 342 g/mol. The molecule has 1 aliphatic carbocycles. The third-order valence-corrected chi connectivity index (χ3v) is 4.21. The van der Waals surface area contributed by atoms with Gasteiger partial charge in [0.25, 0.3) is 0 Å². The van der Waals surface area contributed by atoms with Gasteiger partial charge in [-0.1, -0.05) is 0 Å². The summed E-state index contributed by atoms with van der Waals surface area (Å²) in [5, 5.41) is 86.6. The van der Waals surface area contributed by atoms with E-state index in [1.807, 2.05) is 0 Å². The molecule has 11 heteroatoms. The molecule has 2 unspecified atom stereocenters. The van der Waals surface area contributed by atoms with Crippen LogP contribution in [0.15, 0.2) is 0 Å². The van der Waals surface area contributed by atoms with Crippen LogP contribution in [0.2, 0.25) is 0 Å². The van der Waals surface area contributed by atoms with Gasteiger partial charge in [0, 0.05) is 0 Å². The van der Waals surface area contributed by atoms with Crippen LogP contribution in [-0.2, 0) is 9.47 Å². The van der Waals surface area contributed by atoms with Crippen LogP contribution in [0.1, 0.15) is 0 Å². The van der Waals surface area contributed by atoms with Crippen LogP contribution in [0, 0.1) is 0 Å². The Morgan fingerprint density at radius 1 is 0.609 bits per heavy atom. The molecule has 0 spiro atoms. The van der Waals surface area contributed by atoms with Gasteiger partial charge in [0.15, 0.2) is 6.29 Å². The Labute approximate surface area is 130 Å². The second-order valence-corrected chi connectivity index (χ2v) is 5.75. The van der Waals surface area contributed by atoms with Crippen LogP contribution in [0.25, 0.3) is 0 Å². The molecule has 1 aliphatic heterocycles. The Bertz CT molecular complexity index is 377. The summed E-state index contributed by atoms with van der Waals surface area (Å²) in [6.07, 6.45) is -18.9. The summed E-state index contributed by atoms with van der Waals surface area (Å²) in [6, 6.07) is 0. The SMILES string of the molecule is OC[C@H]1O[C@H](OC2[C@H](O)[C@H](O)C(O)[C@H](O)[C@H]2O)[C@@H](O)[C@@H](O)[C@@H]1O. The summed E-state index contributed by atoms with van der Waals surface area (Å²) in [7, 11) is 0. The molecule has 2 fully saturated rings. The van der Waals surface area contributed by atoms with E-state index in [1.54, 1.807) is 0 Å². The molecular formula is C12H22O11. The molecule has 0 aromatic carbocycles. The van der Waals surface area contributed by atoms with E-state index in [9.17, 15) is 40.9 Å². The molecule has 0 aromatic rings. The maximum absolute atomic E-state index is 9.85. The van der Waals surface area contributed by atoms with E-state index in [0.717, 1.165) is 0 Å². The topological polar surface area (TPSA) is 201 Å². The van der Waals surface area contributed by atoms with Gasteiger partial charge in [0.1, 0.15) is 61.0 Å². The van der Waals surface area contributed by atoms with E-state index in [-0.39, 0.29) is 0 Å².